The van der Waals surface area contributed by atoms with Gasteiger partial charge in [0, 0.05) is 16.7 Å². The summed E-state index contributed by atoms with van der Waals surface area (Å²) in [6.07, 6.45) is 1.98. The fourth-order valence-corrected chi connectivity index (χ4v) is 3.81. The Morgan fingerprint density at radius 2 is 1.33 bits per heavy atom. The fraction of sp³-hybridized carbons (Fsp3) is 0.172. The molecule has 0 atom stereocenters. The van der Waals surface area contributed by atoms with E-state index in [0.29, 0.717) is 22.4 Å². The molecule has 4 rings (SSSR count). The van der Waals surface area contributed by atoms with Gasteiger partial charge in [0.25, 0.3) is 0 Å². The van der Waals surface area contributed by atoms with Gasteiger partial charge in [-0.1, -0.05) is 74.0 Å². The van der Waals surface area contributed by atoms with Gasteiger partial charge < -0.3 is 4.74 Å². The maximum atomic E-state index is 14.8. The van der Waals surface area contributed by atoms with Crippen LogP contribution in [0.4, 0.5) is 13.2 Å². The first-order valence-electron chi connectivity index (χ1n) is 11.0. The lowest BCUT2D eigenvalue weighted by Crippen LogP contribution is -2.02. The Balaban J connectivity index is 1.46. The van der Waals surface area contributed by atoms with Crippen molar-refractivity contribution in [3.05, 3.63) is 113 Å². The second kappa shape index (κ2) is 9.95. The highest BCUT2D eigenvalue weighted by molar-refractivity contribution is 5.66. The van der Waals surface area contributed by atoms with E-state index in [1.54, 1.807) is 42.5 Å². The summed E-state index contributed by atoms with van der Waals surface area (Å²) in [6.45, 7) is 3.82. The number of rotatable bonds is 7. The molecule has 0 aromatic heterocycles. The van der Waals surface area contributed by atoms with E-state index in [9.17, 15) is 13.2 Å². The van der Waals surface area contributed by atoms with E-state index in [1.807, 2.05) is 37.3 Å². The molecule has 0 N–H and O–H groups in total. The topological polar surface area (TPSA) is 9.23 Å². The van der Waals surface area contributed by atoms with E-state index in [1.165, 1.54) is 11.6 Å². The first kappa shape index (κ1) is 22.7. The minimum absolute atomic E-state index is 0.114. The molecule has 0 heterocycles. The first-order valence-corrected chi connectivity index (χ1v) is 11.0. The van der Waals surface area contributed by atoms with E-state index in [-0.39, 0.29) is 23.6 Å². The second-order valence-electron chi connectivity index (χ2n) is 8.14. The van der Waals surface area contributed by atoms with Crippen LogP contribution in [-0.4, -0.2) is 0 Å². The Kier molecular flexibility index (Phi) is 6.83. The van der Waals surface area contributed by atoms with E-state index in [0.717, 1.165) is 18.4 Å². The molecule has 4 aromatic carbocycles. The minimum Gasteiger partial charge on any atom is -0.489 e. The smallest absolute Gasteiger partial charge is 0.167 e. The standard InChI is InChI=1S/C29H25F3O/c1-3-4-20-6-8-22(9-7-20)26-16-12-23(28(31)29(26)32)18-33-24-13-10-21(11-14-24)25-15-5-19(2)17-27(25)30/h5-17H,3-4,18H2,1-2H3. The van der Waals surface area contributed by atoms with Crippen molar-refractivity contribution in [1.82, 2.24) is 0 Å². The van der Waals surface area contributed by atoms with Crippen molar-refractivity contribution in [2.45, 2.75) is 33.3 Å². The zero-order valence-electron chi connectivity index (χ0n) is 18.7. The summed E-state index contributed by atoms with van der Waals surface area (Å²) in [6, 6.07) is 22.6. The molecular formula is C29H25F3O. The van der Waals surface area contributed by atoms with E-state index < -0.39 is 11.6 Å². The molecule has 0 fully saturated rings. The van der Waals surface area contributed by atoms with E-state index >= 15 is 0 Å². The van der Waals surface area contributed by atoms with Crippen LogP contribution in [0.2, 0.25) is 0 Å². The van der Waals surface area contributed by atoms with Gasteiger partial charge in [-0.25, -0.2) is 13.2 Å². The average molecular weight is 447 g/mol. The van der Waals surface area contributed by atoms with Gasteiger partial charge in [0.15, 0.2) is 11.6 Å². The first-order chi connectivity index (χ1) is 16.0. The van der Waals surface area contributed by atoms with Crippen molar-refractivity contribution in [2.75, 3.05) is 0 Å². The van der Waals surface area contributed by atoms with Gasteiger partial charge >= 0.3 is 0 Å². The minimum atomic E-state index is -0.913. The summed E-state index contributed by atoms with van der Waals surface area (Å²) >= 11 is 0. The average Bonchev–Trinajstić information content (AvgIpc) is 2.81. The lowest BCUT2D eigenvalue weighted by molar-refractivity contribution is 0.297. The molecule has 4 aromatic rings. The van der Waals surface area contributed by atoms with Gasteiger partial charge in [-0.15, -0.1) is 0 Å². The van der Waals surface area contributed by atoms with Gasteiger partial charge in [0.2, 0.25) is 0 Å². The van der Waals surface area contributed by atoms with Crippen molar-refractivity contribution in [3.63, 3.8) is 0 Å². The molecule has 0 radical (unpaired) electrons. The van der Waals surface area contributed by atoms with Crippen LogP contribution in [-0.2, 0) is 13.0 Å². The van der Waals surface area contributed by atoms with Crippen LogP contribution in [0.15, 0.2) is 78.9 Å². The Bertz CT molecular complexity index is 1250. The Labute approximate surface area is 192 Å². The molecule has 168 valence electrons. The highest BCUT2D eigenvalue weighted by atomic mass is 19.2. The van der Waals surface area contributed by atoms with Crippen molar-refractivity contribution < 1.29 is 17.9 Å². The monoisotopic (exact) mass is 446 g/mol. The number of halogens is 3. The highest BCUT2D eigenvalue weighted by Crippen LogP contribution is 2.29. The third-order valence-electron chi connectivity index (χ3n) is 5.65. The number of ether oxygens (including phenoxy) is 1. The summed E-state index contributed by atoms with van der Waals surface area (Å²) in [5.41, 5.74) is 4.23. The molecule has 0 amide bonds. The summed E-state index contributed by atoms with van der Waals surface area (Å²) in [5.74, 6) is -1.60. The largest absolute Gasteiger partial charge is 0.489 e. The summed E-state index contributed by atoms with van der Waals surface area (Å²) in [7, 11) is 0. The van der Waals surface area contributed by atoms with Gasteiger partial charge in [0.05, 0.1) is 0 Å². The molecule has 0 bridgehead atoms. The molecule has 0 saturated carbocycles. The third-order valence-corrected chi connectivity index (χ3v) is 5.65. The molecule has 33 heavy (non-hydrogen) atoms. The van der Waals surface area contributed by atoms with Crippen molar-refractivity contribution in [1.29, 1.82) is 0 Å². The molecule has 0 saturated heterocycles. The Hall–Kier alpha value is -3.53. The maximum absolute atomic E-state index is 14.8. The molecule has 0 spiro atoms. The Morgan fingerprint density at radius 3 is 2.00 bits per heavy atom. The van der Waals surface area contributed by atoms with Crippen LogP contribution in [0.3, 0.4) is 0 Å². The Morgan fingerprint density at radius 1 is 0.697 bits per heavy atom. The van der Waals surface area contributed by atoms with E-state index in [2.05, 4.69) is 6.92 Å². The number of hydrogen-bond acceptors (Lipinski definition) is 1. The predicted octanol–water partition coefficient (Wildman–Crippen LogP) is 8.28. The summed E-state index contributed by atoms with van der Waals surface area (Å²) < 4.78 is 49.3. The molecule has 0 aliphatic carbocycles. The van der Waals surface area contributed by atoms with Crippen LogP contribution >= 0.6 is 0 Å². The summed E-state index contributed by atoms with van der Waals surface area (Å²) in [5, 5.41) is 0. The number of benzene rings is 4. The van der Waals surface area contributed by atoms with Crippen molar-refractivity contribution in [2.24, 2.45) is 0 Å². The van der Waals surface area contributed by atoms with Crippen molar-refractivity contribution >= 4 is 0 Å². The number of aryl methyl sites for hydroxylation is 2. The zero-order chi connectivity index (χ0) is 23.4. The fourth-order valence-electron chi connectivity index (χ4n) is 3.81. The third kappa shape index (κ3) is 5.11. The van der Waals surface area contributed by atoms with E-state index in [4.69, 9.17) is 4.74 Å². The molecule has 0 aliphatic heterocycles. The van der Waals surface area contributed by atoms with Crippen LogP contribution in [0.5, 0.6) is 5.75 Å². The number of hydrogen-bond donors (Lipinski definition) is 0. The second-order valence-corrected chi connectivity index (χ2v) is 8.14. The SMILES string of the molecule is CCCc1ccc(-c2ccc(COc3ccc(-c4ccc(C)cc4F)cc3)c(F)c2F)cc1. The zero-order valence-corrected chi connectivity index (χ0v) is 18.7. The molecule has 0 aliphatic rings. The van der Waals surface area contributed by atoms with Gasteiger partial charge in [-0.2, -0.15) is 0 Å². The van der Waals surface area contributed by atoms with Gasteiger partial charge in [0.1, 0.15) is 18.2 Å². The predicted molar refractivity (Wildman–Crippen MR) is 127 cm³/mol. The maximum Gasteiger partial charge on any atom is 0.167 e. The molecule has 1 nitrogen and oxygen atoms in total. The molecular weight excluding hydrogens is 421 g/mol. The lowest BCUT2D eigenvalue weighted by Gasteiger charge is -2.11. The summed E-state index contributed by atoms with van der Waals surface area (Å²) in [4.78, 5) is 0. The van der Waals surface area contributed by atoms with Crippen molar-refractivity contribution in [3.8, 4) is 28.0 Å². The van der Waals surface area contributed by atoms with Gasteiger partial charge in [-0.05, 0) is 53.8 Å². The van der Waals surface area contributed by atoms with Crippen LogP contribution < -0.4 is 4.74 Å². The van der Waals surface area contributed by atoms with Crippen LogP contribution in [0.1, 0.15) is 30.0 Å². The normalized spacial score (nSPS) is 10.9. The molecule has 4 heteroatoms. The van der Waals surface area contributed by atoms with Crippen LogP contribution in [0, 0.1) is 24.4 Å². The highest BCUT2D eigenvalue weighted by Gasteiger charge is 2.15. The molecule has 0 unspecified atom stereocenters. The van der Waals surface area contributed by atoms with Crippen LogP contribution in [0.25, 0.3) is 22.3 Å². The van der Waals surface area contributed by atoms with Gasteiger partial charge in [-0.3, -0.25) is 0 Å². The lowest BCUT2D eigenvalue weighted by atomic mass is 10.00. The quantitative estimate of drug-likeness (QED) is 0.278.